The van der Waals surface area contributed by atoms with Gasteiger partial charge in [-0.2, -0.15) is 0 Å². The van der Waals surface area contributed by atoms with E-state index in [0.29, 0.717) is 11.0 Å². The molecule has 19 heavy (non-hydrogen) atoms. The van der Waals surface area contributed by atoms with Gasteiger partial charge >= 0.3 is 11.7 Å². The zero-order valence-electron chi connectivity index (χ0n) is 9.90. The van der Waals surface area contributed by atoms with Gasteiger partial charge in [-0.3, -0.25) is 9.36 Å². The molecular weight excluding hydrogens is 250 g/mol. The van der Waals surface area contributed by atoms with Crippen molar-refractivity contribution in [3.63, 3.8) is 0 Å². The van der Waals surface area contributed by atoms with Crippen molar-refractivity contribution >= 4 is 17.0 Å². The van der Waals surface area contributed by atoms with Gasteiger partial charge in [0, 0.05) is 7.05 Å². The highest BCUT2D eigenvalue weighted by molar-refractivity contribution is 5.87. The summed E-state index contributed by atoms with van der Waals surface area (Å²) in [5, 5.41) is 8.96. The summed E-state index contributed by atoms with van der Waals surface area (Å²) in [5.41, 5.74) is -0.609. The number of aromatic nitrogens is 3. The largest absolute Gasteiger partial charge is 0.477 e. The molecule has 3 rings (SSSR count). The Kier molecular flexibility index (Phi) is 2.12. The Morgan fingerprint density at radius 3 is 2.42 bits per heavy atom. The molecule has 0 unspecified atom stereocenters. The van der Waals surface area contributed by atoms with Crippen LogP contribution in [0.2, 0.25) is 0 Å². The second kappa shape index (κ2) is 3.58. The lowest BCUT2D eigenvalue weighted by molar-refractivity contribution is 0.0695. The highest BCUT2D eigenvalue weighted by Gasteiger charge is 2.17. The lowest BCUT2D eigenvalue weighted by Gasteiger charge is -2.07. The zero-order chi connectivity index (χ0) is 13.7. The molecule has 96 valence electrons. The number of para-hydroxylation sites is 2. The summed E-state index contributed by atoms with van der Waals surface area (Å²) in [5.74, 6) is -1.35. The van der Waals surface area contributed by atoms with Crippen molar-refractivity contribution in [2.45, 2.75) is 0 Å². The van der Waals surface area contributed by atoms with E-state index in [2.05, 4.69) is 0 Å². The van der Waals surface area contributed by atoms with E-state index in [4.69, 9.17) is 5.11 Å². The van der Waals surface area contributed by atoms with Gasteiger partial charge in [-0.1, -0.05) is 12.1 Å². The summed E-state index contributed by atoms with van der Waals surface area (Å²) >= 11 is 0. The number of rotatable bonds is 1. The number of aryl methyl sites for hydroxylation is 1. The van der Waals surface area contributed by atoms with Gasteiger partial charge in [-0.25, -0.2) is 18.6 Å². The topological polar surface area (TPSA) is 85.2 Å². The van der Waals surface area contributed by atoms with Crippen LogP contribution in [0.15, 0.2) is 40.1 Å². The second-order valence-corrected chi connectivity index (χ2v) is 4.14. The van der Waals surface area contributed by atoms with Crippen molar-refractivity contribution in [1.82, 2.24) is 13.6 Å². The number of hydrogen-bond acceptors (Lipinski definition) is 3. The van der Waals surface area contributed by atoms with Gasteiger partial charge in [0.05, 0.1) is 17.2 Å². The first-order valence-corrected chi connectivity index (χ1v) is 5.48. The first-order valence-electron chi connectivity index (χ1n) is 5.48. The standard InChI is InChI=1S/C12H9N3O4/c1-13-8-4-2-3-5-9(8)15-10(16)7(11(17)18)6-14(15)12(13)19/h2-6H,1H3,(H,17,18). The normalized spacial score (nSPS) is 11.2. The SMILES string of the molecule is Cn1c(=O)n2cc(C(=O)O)c(=O)n2c2ccccc21. The van der Waals surface area contributed by atoms with Gasteiger partial charge in [0.2, 0.25) is 0 Å². The molecule has 0 aliphatic carbocycles. The number of aromatic carboxylic acids is 1. The maximum atomic E-state index is 12.1. The number of carboxylic acid groups (broad SMARTS) is 1. The lowest BCUT2D eigenvalue weighted by Crippen LogP contribution is -2.30. The minimum Gasteiger partial charge on any atom is -0.477 e. The fourth-order valence-corrected chi connectivity index (χ4v) is 2.14. The van der Waals surface area contributed by atoms with Crippen LogP contribution >= 0.6 is 0 Å². The number of fused-ring (bicyclic) bond motifs is 3. The van der Waals surface area contributed by atoms with Crippen LogP contribution in [0.5, 0.6) is 0 Å². The third-order valence-corrected chi connectivity index (χ3v) is 3.07. The van der Waals surface area contributed by atoms with E-state index < -0.39 is 22.8 Å². The van der Waals surface area contributed by atoms with Crippen molar-refractivity contribution in [3.8, 4) is 0 Å². The molecule has 7 nitrogen and oxygen atoms in total. The maximum absolute atomic E-state index is 12.1. The second-order valence-electron chi connectivity index (χ2n) is 4.14. The molecule has 0 radical (unpaired) electrons. The van der Waals surface area contributed by atoms with Gasteiger partial charge in [0.15, 0.2) is 0 Å². The van der Waals surface area contributed by atoms with Crippen LogP contribution in [-0.2, 0) is 7.05 Å². The average Bonchev–Trinajstić information content (AvgIpc) is 2.74. The van der Waals surface area contributed by atoms with Crippen molar-refractivity contribution in [1.29, 1.82) is 0 Å². The highest BCUT2D eigenvalue weighted by Crippen LogP contribution is 2.09. The zero-order valence-corrected chi connectivity index (χ0v) is 9.90. The van der Waals surface area contributed by atoms with Gasteiger partial charge < -0.3 is 5.11 Å². The van der Waals surface area contributed by atoms with Gasteiger partial charge in [-0.05, 0) is 12.1 Å². The third kappa shape index (κ3) is 1.35. The fraction of sp³-hybridized carbons (Fsp3) is 0.0833. The summed E-state index contributed by atoms with van der Waals surface area (Å²) in [6, 6.07) is 6.80. The lowest BCUT2D eigenvalue weighted by atomic mass is 10.3. The number of hydrogen-bond donors (Lipinski definition) is 1. The molecule has 7 heteroatoms. The van der Waals surface area contributed by atoms with Crippen LogP contribution in [-0.4, -0.2) is 24.7 Å². The van der Waals surface area contributed by atoms with Crippen LogP contribution in [0.25, 0.3) is 11.0 Å². The summed E-state index contributed by atoms with van der Waals surface area (Å²) in [4.78, 5) is 35.2. The molecule has 1 N–H and O–H groups in total. The van der Waals surface area contributed by atoms with Crippen LogP contribution in [0, 0.1) is 0 Å². The fourth-order valence-electron chi connectivity index (χ4n) is 2.14. The van der Waals surface area contributed by atoms with Gasteiger partial charge in [0.25, 0.3) is 5.56 Å². The molecule has 0 fully saturated rings. The van der Waals surface area contributed by atoms with Crippen molar-refractivity contribution in [3.05, 3.63) is 56.9 Å². The maximum Gasteiger partial charge on any atom is 0.347 e. The minimum absolute atomic E-state index is 0.432. The molecule has 0 amide bonds. The first kappa shape index (κ1) is 11.3. The number of benzene rings is 1. The van der Waals surface area contributed by atoms with E-state index in [0.717, 1.165) is 15.2 Å². The quantitative estimate of drug-likeness (QED) is 0.664. The van der Waals surface area contributed by atoms with E-state index in [1.807, 2.05) is 0 Å². The molecule has 0 aliphatic heterocycles. The van der Waals surface area contributed by atoms with Crippen LogP contribution < -0.4 is 11.2 Å². The summed E-state index contributed by atoms with van der Waals surface area (Å²) in [6.07, 6.45) is 1.04. The van der Waals surface area contributed by atoms with Crippen molar-refractivity contribution in [2.75, 3.05) is 0 Å². The number of nitrogens with zero attached hydrogens (tertiary/aromatic N) is 3. The molecule has 0 saturated carbocycles. The average molecular weight is 259 g/mol. The molecule has 1 aromatic carbocycles. The van der Waals surface area contributed by atoms with E-state index in [9.17, 15) is 14.4 Å². The van der Waals surface area contributed by atoms with E-state index in [1.165, 1.54) is 4.57 Å². The van der Waals surface area contributed by atoms with Gasteiger partial charge in [0.1, 0.15) is 5.56 Å². The van der Waals surface area contributed by atoms with E-state index >= 15 is 0 Å². The van der Waals surface area contributed by atoms with Crippen LogP contribution in [0.3, 0.4) is 0 Å². The molecule has 0 spiro atoms. The van der Waals surface area contributed by atoms with Crippen LogP contribution in [0.1, 0.15) is 10.4 Å². The molecular formula is C12H9N3O4. The predicted octanol–water partition coefficient (Wildman–Crippen LogP) is -0.0509. The number of carbonyl (C=O) groups is 1. The molecule has 0 atom stereocenters. The molecule has 0 bridgehead atoms. The first-order chi connectivity index (χ1) is 9.02. The molecule has 0 saturated heterocycles. The smallest absolute Gasteiger partial charge is 0.347 e. The molecule has 2 heterocycles. The van der Waals surface area contributed by atoms with E-state index in [1.54, 1.807) is 31.3 Å². The Morgan fingerprint density at radius 1 is 1.16 bits per heavy atom. The van der Waals surface area contributed by atoms with Gasteiger partial charge in [-0.15, -0.1) is 0 Å². The summed E-state index contributed by atoms with van der Waals surface area (Å²) in [7, 11) is 1.57. The number of carboxylic acids is 1. The Hall–Kier alpha value is -2.83. The van der Waals surface area contributed by atoms with Crippen LogP contribution in [0.4, 0.5) is 0 Å². The Morgan fingerprint density at radius 2 is 1.79 bits per heavy atom. The molecule has 0 aliphatic rings. The molecule has 3 aromatic rings. The Bertz CT molecular complexity index is 945. The highest BCUT2D eigenvalue weighted by atomic mass is 16.4. The predicted molar refractivity (Wildman–Crippen MR) is 66.8 cm³/mol. The minimum atomic E-state index is -1.35. The van der Waals surface area contributed by atoms with Crippen molar-refractivity contribution in [2.24, 2.45) is 7.05 Å². The monoisotopic (exact) mass is 259 g/mol. The third-order valence-electron chi connectivity index (χ3n) is 3.07. The Labute approximate surface area is 105 Å². The molecule has 2 aromatic heterocycles. The van der Waals surface area contributed by atoms with Crippen molar-refractivity contribution < 1.29 is 9.90 Å². The summed E-state index contributed by atoms with van der Waals surface area (Å²) in [6.45, 7) is 0. The Balaban J connectivity index is 2.72. The summed E-state index contributed by atoms with van der Waals surface area (Å²) < 4.78 is 3.44. The van der Waals surface area contributed by atoms with E-state index in [-0.39, 0.29) is 0 Å².